The number of rotatable bonds is 14. The lowest BCUT2D eigenvalue weighted by atomic mass is 9.82. The third-order valence-corrected chi connectivity index (χ3v) is 25.5. The van der Waals surface area contributed by atoms with E-state index in [1.165, 1.54) is 67.6 Å². The van der Waals surface area contributed by atoms with Crippen LogP contribution in [0.1, 0.15) is 378 Å². The maximum atomic E-state index is 10.5. The first-order valence-electron chi connectivity index (χ1n) is 47.1. The van der Waals surface area contributed by atoms with E-state index in [1.54, 1.807) is 6.07 Å². The van der Waals surface area contributed by atoms with Crippen molar-refractivity contribution in [1.82, 2.24) is 54.8 Å². The van der Waals surface area contributed by atoms with E-state index in [0.29, 0.717) is 75.2 Å². The average Bonchev–Trinajstić information content (AvgIpc) is 1.64. The molecule has 15 heteroatoms. The summed E-state index contributed by atoms with van der Waals surface area (Å²) in [6.45, 7) is 83.9. The third-order valence-electron chi connectivity index (χ3n) is 25.5. The van der Waals surface area contributed by atoms with Crippen molar-refractivity contribution in [2.45, 2.75) is 357 Å². The molecule has 0 radical (unpaired) electrons. The van der Waals surface area contributed by atoms with Crippen LogP contribution in [-0.2, 0) is 38.9 Å². The second kappa shape index (κ2) is 42.1. The van der Waals surface area contributed by atoms with E-state index < -0.39 is 0 Å². The summed E-state index contributed by atoms with van der Waals surface area (Å²) in [7, 11) is 0. The van der Waals surface area contributed by atoms with Crippen LogP contribution < -0.4 is 11.5 Å². The standard InChI is InChI=1S/C20H26N2.C20H27N.C19H27N3O.C19H27N3.C19H26N2O.C18H24N2/c1-12(2)18-13(3)21-19(22-14(18)4)16-7-8-17-15(11-16)9-10-20(17,5)6;1-13(2)19-14(3)12-18(21-15(19)4)16-8-10-17(11-9-16)20(5,6)7;1-10(2)15-12(4)21-18(22-17(15)20)16-11(3)8-13(9-14(16)23)19(5,6)7;1-7-19(5,6)15-10-8-14(9-11-15)18-21-13(4)16(12(2)3)17(20)22-18;1-11(2)17-12(3)20-18(21-13(17)4)15-9-8-14(10-16(15)22)19(5,6)7;1-12(2)16-11-19-17(20-13(16)3)14-7-9-15(10-8-14)18(4,5)6/h7-8,11-12H,9-10H2,1-6H3;8-13H,1-7H3;8-10,23H,1-7H3,(H2,20,21,22);8-12H,7H2,1-6H3,(H2,20,21,22);8-11,22H,1-7H3;7-12H,1-6H3. The molecule has 0 saturated heterocycles. The molecule has 0 bridgehead atoms. The van der Waals surface area contributed by atoms with Crippen molar-refractivity contribution >= 4 is 11.6 Å². The molecule has 1 aliphatic rings. The number of fused-ring (bicyclic) bond motifs is 1. The van der Waals surface area contributed by atoms with Crippen molar-refractivity contribution in [3.05, 3.63) is 263 Å². The molecule has 694 valence electrons. The highest BCUT2D eigenvalue weighted by atomic mass is 16.3. The molecule has 0 saturated carbocycles. The fourth-order valence-corrected chi connectivity index (χ4v) is 17.7. The van der Waals surface area contributed by atoms with Gasteiger partial charge in [0.2, 0.25) is 0 Å². The minimum Gasteiger partial charge on any atom is -0.507 e. The molecule has 6 heterocycles. The SMILES string of the molecule is CCC(C)(C)c1ccc(-c2nc(C)c(C(C)C)c(N)n2)cc1.Cc1cc(-c2ccc(C(C)(C)C)cc2)nc(C)c1C(C)C.Cc1cc(C(C)(C)C)cc(O)c1-c1nc(C)c(C(C)C)c(N)n1.Cc1nc(-c2ccc(C(C)(C)C)cc2)ncc1C(C)C.Cc1nc(-c2ccc(C(C)(C)C)cc2O)nc(C)c1C(C)C.Cc1nc(-c2ccc3c(c2)CCC3(C)C)nc(C)c1C(C)C. The highest BCUT2D eigenvalue weighted by molar-refractivity contribution is 5.72. The number of aryl methyl sites for hydroxylation is 11. The Balaban J connectivity index is 0.000000193. The summed E-state index contributed by atoms with van der Waals surface area (Å²) >= 11 is 0. The van der Waals surface area contributed by atoms with Crippen LogP contribution in [0, 0.1) is 69.2 Å². The molecule has 6 aromatic heterocycles. The van der Waals surface area contributed by atoms with E-state index in [0.717, 1.165) is 120 Å². The van der Waals surface area contributed by atoms with Gasteiger partial charge in [-0.3, -0.25) is 4.98 Å². The van der Waals surface area contributed by atoms with Gasteiger partial charge < -0.3 is 21.7 Å². The Kier molecular flexibility index (Phi) is 33.8. The largest absolute Gasteiger partial charge is 0.507 e. The van der Waals surface area contributed by atoms with Crippen LogP contribution in [0.3, 0.4) is 0 Å². The smallest absolute Gasteiger partial charge is 0.165 e. The number of aromatic hydroxyl groups is 2. The number of nitrogens with two attached hydrogens (primary N) is 2. The molecule has 0 atom stereocenters. The van der Waals surface area contributed by atoms with Crippen LogP contribution in [0.25, 0.3) is 68.2 Å². The highest BCUT2D eigenvalue weighted by Gasteiger charge is 2.31. The Morgan fingerprint density at radius 1 is 0.338 bits per heavy atom. The van der Waals surface area contributed by atoms with E-state index in [2.05, 4.69) is 378 Å². The number of aromatic nitrogens is 11. The molecule has 0 amide bonds. The zero-order valence-electron chi connectivity index (χ0n) is 86.8. The predicted molar refractivity (Wildman–Crippen MR) is 551 cm³/mol. The summed E-state index contributed by atoms with van der Waals surface area (Å²) in [6, 6.07) is 44.6. The second-order valence-electron chi connectivity index (χ2n) is 43.3. The van der Waals surface area contributed by atoms with Crippen molar-refractivity contribution < 1.29 is 10.2 Å². The monoisotopic (exact) mass is 1750 g/mol. The van der Waals surface area contributed by atoms with Crippen molar-refractivity contribution in [2.24, 2.45) is 0 Å². The molecule has 13 rings (SSSR count). The number of hydrogen-bond donors (Lipinski definition) is 4. The van der Waals surface area contributed by atoms with Gasteiger partial charge in [0.1, 0.15) is 23.1 Å². The Bertz CT molecular complexity index is 5780. The van der Waals surface area contributed by atoms with Gasteiger partial charge in [-0.2, -0.15) is 0 Å². The van der Waals surface area contributed by atoms with Gasteiger partial charge in [0.05, 0.1) is 16.8 Å². The van der Waals surface area contributed by atoms with Gasteiger partial charge in [0, 0.05) is 85.1 Å². The van der Waals surface area contributed by atoms with Crippen LogP contribution in [0.4, 0.5) is 11.6 Å². The number of nitrogens with zero attached hydrogens (tertiary/aromatic N) is 11. The van der Waals surface area contributed by atoms with Crippen molar-refractivity contribution in [1.29, 1.82) is 0 Å². The molecule has 0 spiro atoms. The summed E-state index contributed by atoms with van der Waals surface area (Å²) in [5.74, 6) is 7.44. The van der Waals surface area contributed by atoms with Crippen molar-refractivity contribution in [2.75, 3.05) is 11.5 Å². The quantitative estimate of drug-likeness (QED) is 0.0792. The molecule has 1 aliphatic carbocycles. The molecule has 12 aromatic rings. The summed E-state index contributed by atoms with van der Waals surface area (Å²) in [5.41, 5.74) is 46.8. The average molecular weight is 1750 g/mol. The molecule has 15 nitrogen and oxygen atoms in total. The number of hydrogen-bond acceptors (Lipinski definition) is 15. The lowest BCUT2D eigenvalue weighted by Gasteiger charge is -2.23. The van der Waals surface area contributed by atoms with Gasteiger partial charge in [-0.1, -0.05) is 298 Å². The van der Waals surface area contributed by atoms with E-state index in [-0.39, 0.29) is 44.5 Å². The van der Waals surface area contributed by atoms with Gasteiger partial charge in [0.15, 0.2) is 29.1 Å². The van der Waals surface area contributed by atoms with Gasteiger partial charge in [-0.25, -0.2) is 49.8 Å². The van der Waals surface area contributed by atoms with Gasteiger partial charge in [-0.15, -0.1) is 0 Å². The van der Waals surface area contributed by atoms with Crippen molar-refractivity contribution in [3.8, 4) is 79.7 Å². The Hall–Kier alpha value is -10.9. The number of phenols is 2. The molecular formula is C115H157N13O2. The number of anilines is 2. The molecule has 0 aliphatic heterocycles. The second-order valence-corrected chi connectivity index (χ2v) is 43.3. The molecule has 6 aromatic carbocycles. The topological polar surface area (TPSA) is 234 Å². The molecule has 6 N–H and O–H groups in total. The van der Waals surface area contributed by atoms with Crippen LogP contribution in [-0.4, -0.2) is 65.0 Å². The zero-order chi connectivity index (χ0) is 97.4. The summed E-state index contributed by atoms with van der Waals surface area (Å²) in [4.78, 5) is 50.9. The molecule has 0 fully saturated rings. The minimum atomic E-state index is -0.0297. The van der Waals surface area contributed by atoms with E-state index in [4.69, 9.17) is 26.4 Å². The molecule has 0 unspecified atom stereocenters. The van der Waals surface area contributed by atoms with E-state index >= 15 is 0 Å². The van der Waals surface area contributed by atoms with E-state index in [1.807, 2.05) is 59.0 Å². The molecular weight excluding hydrogens is 1600 g/mol. The molecule has 130 heavy (non-hydrogen) atoms. The third kappa shape index (κ3) is 25.8. The highest BCUT2D eigenvalue weighted by Crippen LogP contribution is 2.43. The lowest BCUT2D eigenvalue weighted by Crippen LogP contribution is -2.15. The van der Waals surface area contributed by atoms with Crippen LogP contribution in [0.2, 0.25) is 0 Å². The first-order valence-corrected chi connectivity index (χ1v) is 47.1. The first kappa shape index (κ1) is 104. The Labute approximate surface area is 782 Å². The zero-order valence-corrected chi connectivity index (χ0v) is 86.8. The number of benzene rings is 6. The first-order chi connectivity index (χ1) is 60.2. The Morgan fingerprint density at radius 2 is 0.708 bits per heavy atom. The number of pyridine rings is 1. The summed E-state index contributed by atoms with van der Waals surface area (Å²) in [6.07, 6.45) is 5.47. The van der Waals surface area contributed by atoms with Gasteiger partial charge >= 0.3 is 0 Å². The minimum absolute atomic E-state index is 0.00417. The normalized spacial score (nSPS) is 12.7. The maximum absolute atomic E-state index is 10.5. The van der Waals surface area contributed by atoms with Crippen LogP contribution in [0.5, 0.6) is 11.5 Å². The lowest BCUT2D eigenvalue weighted by molar-refractivity contribution is 0.472. The van der Waals surface area contributed by atoms with E-state index in [9.17, 15) is 10.2 Å². The van der Waals surface area contributed by atoms with Gasteiger partial charge in [-0.05, 0) is 259 Å². The predicted octanol–water partition coefficient (Wildman–Crippen LogP) is 30.0. The fourth-order valence-electron chi connectivity index (χ4n) is 17.7. The van der Waals surface area contributed by atoms with Crippen LogP contribution in [0.15, 0.2) is 134 Å². The number of nitrogen functional groups attached to an aromatic ring is 2. The van der Waals surface area contributed by atoms with Crippen molar-refractivity contribution in [3.63, 3.8) is 0 Å². The number of phenolic OH excluding ortho intramolecular Hbond substituents is 2. The summed E-state index contributed by atoms with van der Waals surface area (Å²) in [5, 5.41) is 20.9. The summed E-state index contributed by atoms with van der Waals surface area (Å²) < 4.78 is 0. The van der Waals surface area contributed by atoms with Gasteiger partial charge in [0.25, 0.3) is 0 Å². The Morgan fingerprint density at radius 3 is 1.11 bits per heavy atom. The maximum Gasteiger partial charge on any atom is 0.165 e. The fraction of sp³-hybridized carbons (Fsp3) is 0.470. The van der Waals surface area contributed by atoms with Crippen LogP contribution >= 0.6 is 0 Å².